The smallest absolute Gasteiger partial charge is 0.220 e. The van der Waals surface area contributed by atoms with E-state index in [1.165, 1.54) is 0 Å². The molecule has 7 nitrogen and oxygen atoms in total. The Morgan fingerprint density at radius 2 is 2.42 bits per heavy atom. The quantitative estimate of drug-likeness (QED) is 0.693. The zero-order chi connectivity index (χ0) is 13.7. The van der Waals surface area contributed by atoms with Gasteiger partial charge in [-0.1, -0.05) is 18.6 Å². The van der Waals surface area contributed by atoms with Crippen LogP contribution in [0.15, 0.2) is 0 Å². The van der Waals surface area contributed by atoms with Gasteiger partial charge >= 0.3 is 0 Å². The third-order valence-electron chi connectivity index (χ3n) is 3.82. The van der Waals surface area contributed by atoms with E-state index in [4.69, 9.17) is 5.73 Å². The number of nitrogens with two attached hydrogens (primary N) is 1. The molecule has 1 aromatic rings. The first kappa shape index (κ1) is 13.9. The molecule has 1 saturated carbocycles. The molecule has 19 heavy (non-hydrogen) atoms. The summed E-state index contributed by atoms with van der Waals surface area (Å²) < 4.78 is 0. The third-order valence-corrected chi connectivity index (χ3v) is 3.82. The molecule has 0 aromatic carbocycles. The van der Waals surface area contributed by atoms with Crippen molar-refractivity contribution in [2.75, 3.05) is 0 Å². The number of H-pyrrole nitrogens is 1. The Kier molecular flexibility index (Phi) is 4.84. The first-order valence-electron chi connectivity index (χ1n) is 6.99. The SMILES string of the molecule is CC[C@H](N)CCC(=O)N[C@H]1CCC[C@H]1c1nn[nH]n1. The minimum absolute atomic E-state index is 0.0734. The first-order valence-corrected chi connectivity index (χ1v) is 6.99. The van der Waals surface area contributed by atoms with Crippen molar-refractivity contribution in [2.24, 2.45) is 5.73 Å². The molecular formula is C12H22N6O. The Hall–Kier alpha value is -1.50. The number of carbonyl (C=O) groups is 1. The van der Waals surface area contributed by atoms with E-state index in [9.17, 15) is 4.79 Å². The molecule has 0 aliphatic heterocycles. The zero-order valence-corrected chi connectivity index (χ0v) is 11.3. The zero-order valence-electron chi connectivity index (χ0n) is 11.3. The predicted octanol–water partition coefficient (Wildman–Crippen LogP) is 0.469. The van der Waals surface area contributed by atoms with E-state index in [2.05, 4.69) is 25.9 Å². The number of hydrogen-bond donors (Lipinski definition) is 3. The highest BCUT2D eigenvalue weighted by molar-refractivity contribution is 5.76. The summed E-state index contributed by atoms with van der Waals surface area (Å²) in [4.78, 5) is 11.9. The molecule has 1 amide bonds. The van der Waals surface area contributed by atoms with E-state index in [-0.39, 0.29) is 23.9 Å². The molecule has 0 unspecified atom stereocenters. The van der Waals surface area contributed by atoms with Crippen LogP contribution in [0.1, 0.15) is 57.2 Å². The summed E-state index contributed by atoms with van der Waals surface area (Å²) in [5, 5.41) is 17.2. The molecule has 0 spiro atoms. The van der Waals surface area contributed by atoms with Crippen LogP contribution in [0.2, 0.25) is 0 Å². The Bertz CT molecular complexity index is 393. The van der Waals surface area contributed by atoms with Gasteiger partial charge < -0.3 is 11.1 Å². The molecule has 1 aliphatic rings. The van der Waals surface area contributed by atoms with Crippen molar-refractivity contribution in [3.63, 3.8) is 0 Å². The number of hydrogen-bond acceptors (Lipinski definition) is 5. The molecule has 2 rings (SSSR count). The second-order valence-corrected chi connectivity index (χ2v) is 5.19. The van der Waals surface area contributed by atoms with Gasteiger partial charge in [-0.3, -0.25) is 4.79 Å². The number of amides is 1. The van der Waals surface area contributed by atoms with Crippen LogP contribution >= 0.6 is 0 Å². The van der Waals surface area contributed by atoms with Crippen LogP contribution in [-0.4, -0.2) is 38.6 Å². The molecular weight excluding hydrogens is 244 g/mol. The Balaban J connectivity index is 1.83. The van der Waals surface area contributed by atoms with Gasteiger partial charge in [0, 0.05) is 24.4 Å². The lowest BCUT2D eigenvalue weighted by Crippen LogP contribution is -2.37. The fraction of sp³-hybridized carbons (Fsp3) is 0.833. The fourth-order valence-electron chi connectivity index (χ4n) is 2.57. The number of nitrogens with zero attached hydrogens (tertiary/aromatic N) is 3. The molecule has 7 heteroatoms. The number of aromatic amines is 1. The van der Waals surface area contributed by atoms with Gasteiger partial charge in [0.25, 0.3) is 0 Å². The maximum atomic E-state index is 11.9. The normalized spacial score (nSPS) is 24.3. The Morgan fingerprint density at radius 3 is 3.11 bits per heavy atom. The molecule has 0 saturated heterocycles. The highest BCUT2D eigenvalue weighted by atomic mass is 16.1. The number of aromatic nitrogens is 4. The summed E-state index contributed by atoms with van der Waals surface area (Å²) in [5.74, 6) is 0.958. The summed E-state index contributed by atoms with van der Waals surface area (Å²) in [6.07, 6.45) is 5.19. The van der Waals surface area contributed by atoms with Crippen LogP contribution in [-0.2, 0) is 4.79 Å². The summed E-state index contributed by atoms with van der Waals surface area (Å²) in [6, 6.07) is 0.241. The lowest BCUT2D eigenvalue weighted by Gasteiger charge is -2.18. The van der Waals surface area contributed by atoms with Crippen molar-refractivity contribution in [3.05, 3.63) is 5.82 Å². The molecule has 0 radical (unpaired) electrons. The van der Waals surface area contributed by atoms with E-state index >= 15 is 0 Å². The molecule has 4 N–H and O–H groups in total. The van der Waals surface area contributed by atoms with Gasteiger partial charge in [-0.15, -0.1) is 10.2 Å². The van der Waals surface area contributed by atoms with Crippen LogP contribution in [0.25, 0.3) is 0 Å². The van der Waals surface area contributed by atoms with Gasteiger partial charge in [-0.2, -0.15) is 5.21 Å². The fourth-order valence-corrected chi connectivity index (χ4v) is 2.57. The van der Waals surface area contributed by atoms with Crippen LogP contribution in [0, 0.1) is 0 Å². The second kappa shape index (κ2) is 6.60. The molecule has 1 fully saturated rings. The van der Waals surface area contributed by atoms with Crippen molar-refractivity contribution >= 4 is 5.91 Å². The average molecular weight is 266 g/mol. The summed E-state index contributed by atoms with van der Waals surface area (Å²) in [5.41, 5.74) is 5.82. The van der Waals surface area contributed by atoms with E-state index < -0.39 is 0 Å². The number of rotatable bonds is 6. The van der Waals surface area contributed by atoms with E-state index in [0.717, 1.165) is 32.1 Å². The van der Waals surface area contributed by atoms with Crippen LogP contribution in [0.5, 0.6) is 0 Å². The van der Waals surface area contributed by atoms with Gasteiger partial charge in [0.05, 0.1) is 0 Å². The van der Waals surface area contributed by atoms with Crippen molar-refractivity contribution in [3.8, 4) is 0 Å². The van der Waals surface area contributed by atoms with Gasteiger partial charge in [-0.05, 0) is 25.7 Å². The van der Waals surface area contributed by atoms with Crippen molar-refractivity contribution in [2.45, 2.75) is 63.5 Å². The topological polar surface area (TPSA) is 110 Å². The van der Waals surface area contributed by atoms with E-state index in [0.29, 0.717) is 12.2 Å². The summed E-state index contributed by atoms with van der Waals surface area (Å²) in [6.45, 7) is 2.03. The van der Waals surface area contributed by atoms with Crippen molar-refractivity contribution in [1.82, 2.24) is 25.9 Å². The highest BCUT2D eigenvalue weighted by Crippen LogP contribution is 2.32. The largest absolute Gasteiger partial charge is 0.353 e. The molecule has 106 valence electrons. The van der Waals surface area contributed by atoms with Crippen LogP contribution in [0.3, 0.4) is 0 Å². The molecule has 0 bridgehead atoms. The lowest BCUT2D eigenvalue weighted by molar-refractivity contribution is -0.122. The second-order valence-electron chi connectivity index (χ2n) is 5.19. The monoisotopic (exact) mass is 266 g/mol. The third kappa shape index (κ3) is 3.73. The van der Waals surface area contributed by atoms with Crippen LogP contribution in [0.4, 0.5) is 0 Å². The molecule has 1 aromatic heterocycles. The maximum absolute atomic E-state index is 11.9. The standard InChI is InChI=1S/C12H22N6O/c1-2-8(13)6-7-11(19)14-10-5-3-4-9(10)12-15-17-18-16-12/h8-10H,2-7,13H2,1H3,(H,14,19)(H,15,16,17,18)/t8-,9+,10-/m0/s1. The minimum atomic E-state index is 0.0734. The minimum Gasteiger partial charge on any atom is -0.353 e. The van der Waals surface area contributed by atoms with E-state index in [1.54, 1.807) is 0 Å². The van der Waals surface area contributed by atoms with Gasteiger partial charge in [0.15, 0.2) is 5.82 Å². The summed E-state index contributed by atoms with van der Waals surface area (Å²) >= 11 is 0. The highest BCUT2D eigenvalue weighted by Gasteiger charge is 2.32. The van der Waals surface area contributed by atoms with Crippen LogP contribution < -0.4 is 11.1 Å². The molecule has 3 atom stereocenters. The van der Waals surface area contributed by atoms with Gasteiger partial charge in [0.2, 0.25) is 5.91 Å². The van der Waals surface area contributed by atoms with Crippen molar-refractivity contribution < 1.29 is 4.79 Å². The molecule has 1 aliphatic carbocycles. The van der Waals surface area contributed by atoms with Crippen molar-refractivity contribution in [1.29, 1.82) is 0 Å². The Labute approximate surface area is 112 Å². The average Bonchev–Trinajstić information content (AvgIpc) is 3.05. The number of tetrazole rings is 1. The number of carbonyl (C=O) groups excluding carboxylic acids is 1. The number of nitrogens with one attached hydrogen (secondary N) is 2. The molecule has 1 heterocycles. The summed E-state index contributed by atoms with van der Waals surface area (Å²) in [7, 11) is 0. The lowest BCUT2D eigenvalue weighted by atomic mass is 10.0. The van der Waals surface area contributed by atoms with E-state index in [1.807, 2.05) is 6.92 Å². The predicted molar refractivity (Wildman–Crippen MR) is 70.2 cm³/mol. The maximum Gasteiger partial charge on any atom is 0.220 e. The first-order chi connectivity index (χ1) is 9.20. The van der Waals surface area contributed by atoms with Gasteiger partial charge in [-0.25, -0.2) is 0 Å². The van der Waals surface area contributed by atoms with Gasteiger partial charge in [0.1, 0.15) is 0 Å². The Morgan fingerprint density at radius 1 is 1.58 bits per heavy atom.